The van der Waals surface area contributed by atoms with Gasteiger partial charge in [0.1, 0.15) is 11.1 Å². The molecule has 10 heteroatoms. The maximum atomic E-state index is 13.3. The third kappa shape index (κ3) is 4.92. The maximum Gasteiger partial charge on any atom is 0.410 e. The third-order valence-corrected chi connectivity index (χ3v) is 5.99. The van der Waals surface area contributed by atoms with Crippen molar-refractivity contribution >= 4 is 34.7 Å². The Bertz CT molecular complexity index is 1050. The average Bonchev–Trinajstić information content (AvgIpc) is 3.42. The number of amides is 1. The zero-order valence-electron chi connectivity index (χ0n) is 18.4. The number of hydrogen-bond donors (Lipinski definition) is 1. The Balaban J connectivity index is 1.50. The van der Waals surface area contributed by atoms with Crippen LogP contribution in [-0.2, 0) is 4.74 Å². The van der Waals surface area contributed by atoms with Crippen molar-refractivity contribution < 1.29 is 9.53 Å². The zero-order chi connectivity index (χ0) is 22.3. The van der Waals surface area contributed by atoms with Crippen LogP contribution in [0.5, 0.6) is 0 Å². The van der Waals surface area contributed by atoms with Gasteiger partial charge in [-0.2, -0.15) is 4.98 Å². The fraction of sp³-hybridized carbons (Fsp3) is 0.667. The molecule has 168 valence electrons. The third-order valence-electron chi connectivity index (χ3n) is 5.81. The summed E-state index contributed by atoms with van der Waals surface area (Å²) in [5, 5.41) is 3.31. The van der Waals surface area contributed by atoms with Gasteiger partial charge in [0.25, 0.3) is 5.56 Å². The van der Waals surface area contributed by atoms with Crippen molar-refractivity contribution in [2.45, 2.75) is 58.6 Å². The first-order chi connectivity index (χ1) is 14.6. The summed E-state index contributed by atoms with van der Waals surface area (Å²) in [5.41, 5.74) is 0.271. The van der Waals surface area contributed by atoms with Gasteiger partial charge in [-0.1, -0.05) is 0 Å². The molecule has 2 aliphatic rings. The van der Waals surface area contributed by atoms with Gasteiger partial charge in [-0.15, -0.1) is 0 Å². The van der Waals surface area contributed by atoms with Gasteiger partial charge in [0.2, 0.25) is 5.28 Å². The number of likely N-dealkylation sites (tertiary alicyclic amines) is 1. The first-order valence-electron chi connectivity index (χ1n) is 10.8. The molecule has 1 saturated heterocycles. The van der Waals surface area contributed by atoms with Crippen molar-refractivity contribution in [1.82, 2.24) is 24.4 Å². The number of ether oxygens (including phenoxy) is 1. The minimum atomic E-state index is -0.517. The monoisotopic (exact) mass is 448 g/mol. The van der Waals surface area contributed by atoms with Crippen LogP contribution >= 0.6 is 11.6 Å². The van der Waals surface area contributed by atoms with E-state index in [0.717, 1.165) is 19.3 Å². The van der Waals surface area contributed by atoms with Crippen molar-refractivity contribution in [3.05, 3.63) is 21.8 Å². The fourth-order valence-electron chi connectivity index (χ4n) is 4.00. The van der Waals surface area contributed by atoms with Gasteiger partial charge in [-0.25, -0.2) is 14.8 Å². The lowest BCUT2D eigenvalue weighted by molar-refractivity contribution is 0.0289. The molecule has 9 nitrogen and oxygen atoms in total. The number of nitrogens with zero attached hydrogens (tertiary/aromatic N) is 5. The summed E-state index contributed by atoms with van der Waals surface area (Å²) in [6, 6.07) is 0.0126. The molecule has 1 amide bonds. The van der Waals surface area contributed by atoms with Crippen molar-refractivity contribution in [2.24, 2.45) is 11.8 Å². The lowest BCUT2D eigenvalue weighted by Crippen LogP contribution is -2.36. The van der Waals surface area contributed by atoms with E-state index >= 15 is 0 Å². The average molecular weight is 449 g/mol. The molecular weight excluding hydrogens is 420 g/mol. The summed E-state index contributed by atoms with van der Waals surface area (Å²) >= 11 is 5.99. The number of aromatic nitrogens is 4. The van der Waals surface area contributed by atoms with Crippen LogP contribution in [0.3, 0.4) is 0 Å². The summed E-state index contributed by atoms with van der Waals surface area (Å²) in [6.45, 7) is 9.37. The van der Waals surface area contributed by atoms with Gasteiger partial charge >= 0.3 is 6.09 Å². The molecular formula is C21H29ClN6O3. The van der Waals surface area contributed by atoms with Gasteiger partial charge in [-0.3, -0.25) is 9.36 Å². The van der Waals surface area contributed by atoms with Crippen LogP contribution in [0, 0.1) is 11.8 Å². The molecule has 1 saturated carbocycles. The Labute approximate surface area is 186 Å². The molecule has 0 unspecified atom stereocenters. The van der Waals surface area contributed by atoms with E-state index < -0.39 is 5.60 Å². The van der Waals surface area contributed by atoms with Gasteiger partial charge < -0.3 is 15.0 Å². The van der Waals surface area contributed by atoms with Crippen LogP contribution in [0.25, 0.3) is 11.2 Å². The number of nitrogens with one attached hydrogen (secondary N) is 1. The first kappa shape index (κ1) is 21.8. The van der Waals surface area contributed by atoms with E-state index in [-0.39, 0.29) is 34.7 Å². The number of anilines is 1. The highest BCUT2D eigenvalue weighted by molar-refractivity contribution is 6.28. The van der Waals surface area contributed by atoms with Gasteiger partial charge in [0, 0.05) is 25.7 Å². The molecule has 0 spiro atoms. The highest BCUT2D eigenvalue weighted by Gasteiger charge is 2.33. The van der Waals surface area contributed by atoms with Gasteiger partial charge in [0.15, 0.2) is 11.5 Å². The second-order valence-electron chi connectivity index (χ2n) is 9.52. The van der Waals surface area contributed by atoms with Crippen molar-refractivity contribution in [3.8, 4) is 0 Å². The normalized spacial score (nSPS) is 20.2. The van der Waals surface area contributed by atoms with Crippen molar-refractivity contribution in [1.29, 1.82) is 0 Å². The van der Waals surface area contributed by atoms with Crippen molar-refractivity contribution in [3.63, 3.8) is 0 Å². The predicted molar refractivity (Wildman–Crippen MR) is 118 cm³/mol. The van der Waals surface area contributed by atoms with Gasteiger partial charge in [0.05, 0.1) is 6.20 Å². The van der Waals surface area contributed by atoms with Crippen LogP contribution < -0.4 is 10.9 Å². The lowest BCUT2D eigenvalue weighted by Gasteiger charge is -2.24. The Morgan fingerprint density at radius 2 is 2.06 bits per heavy atom. The standard InChI is InChI=1S/C21H29ClN6O3/c1-12(14-5-6-14)28-17-15(10-24-19(22)26-17)25-16(18(28)29)23-9-13-7-8-27(11-13)20(30)31-21(2,3)4/h10,12-14H,5-9,11H2,1-4H3,(H,23,25)/t12-,13+/m0/s1. The summed E-state index contributed by atoms with van der Waals surface area (Å²) in [7, 11) is 0. The molecule has 1 aliphatic carbocycles. The largest absolute Gasteiger partial charge is 0.444 e. The van der Waals surface area contributed by atoms with Crippen LogP contribution in [-0.4, -0.2) is 55.7 Å². The van der Waals surface area contributed by atoms with Crippen LogP contribution in [0.4, 0.5) is 10.6 Å². The highest BCUT2D eigenvalue weighted by atomic mass is 35.5. The number of hydrogen-bond acceptors (Lipinski definition) is 7. The number of carbonyl (C=O) groups excluding carboxylic acids is 1. The van der Waals surface area contributed by atoms with E-state index in [1.807, 2.05) is 27.7 Å². The van der Waals surface area contributed by atoms with Gasteiger partial charge in [-0.05, 0) is 70.4 Å². The Morgan fingerprint density at radius 1 is 1.32 bits per heavy atom. The molecule has 4 rings (SSSR count). The maximum absolute atomic E-state index is 13.3. The van der Waals surface area contributed by atoms with E-state index in [2.05, 4.69) is 20.3 Å². The molecule has 31 heavy (non-hydrogen) atoms. The lowest BCUT2D eigenvalue weighted by atomic mass is 10.1. The predicted octanol–water partition coefficient (Wildman–Crippen LogP) is 3.48. The van der Waals surface area contributed by atoms with E-state index in [1.54, 1.807) is 15.7 Å². The molecule has 2 aromatic rings. The van der Waals surface area contributed by atoms with E-state index in [4.69, 9.17) is 16.3 Å². The summed E-state index contributed by atoms with van der Waals surface area (Å²) in [4.78, 5) is 40.0. The van der Waals surface area contributed by atoms with E-state index in [0.29, 0.717) is 36.7 Å². The Kier molecular flexibility index (Phi) is 5.81. The molecule has 2 aromatic heterocycles. The molecule has 0 bridgehead atoms. The zero-order valence-corrected chi connectivity index (χ0v) is 19.1. The number of carbonyl (C=O) groups is 1. The minimum absolute atomic E-state index is 0.0126. The number of halogens is 1. The van der Waals surface area contributed by atoms with E-state index in [1.165, 1.54) is 0 Å². The fourth-order valence-corrected chi connectivity index (χ4v) is 4.12. The first-order valence-corrected chi connectivity index (χ1v) is 11.2. The second-order valence-corrected chi connectivity index (χ2v) is 9.86. The smallest absolute Gasteiger partial charge is 0.410 e. The minimum Gasteiger partial charge on any atom is -0.444 e. The second kappa shape index (κ2) is 8.26. The summed E-state index contributed by atoms with van der Waals surface area (Å²) in [6.07, 6.45) is 4.29. The summed E-state index contributed by atoms with van der Waals surface area (Å²) in [5.74, 6) is 0.948. The Hall–Kier alpha value is -2.42. The molecule has 0 radical (unpaired) electrons. The summed E-state index contributed by atoms with van der Waals surface area (Å²) < 4.78 is 7.15. The quantitative estimate of drug-likeness (QED) is 0.698. The molecule has 3 heterocycles. The van der Waals surface area contributed by atoms with Crippen LogP contribution in [0.1, 0.15) is 53.0 Å². The molecule has 2 fully saturated rings. The molecule has 2 atom stereocenters. The van der Waals surface area contributed by atoms with Crippen molar-refractivity contribution in [2.75, 3.05) is 25.0 Å². The highest BCUT2D eigenvalue weighted by Crippen LogP contribution is 2.39. The molecule has 1 N–H and O–H groups in total. The van der Waals surface area contributed by atoms with E-state index in [9.17, 15) is 9.59 Å². The van der Waals surface area contributed by atoms with Crippen LogP contribution in [0.2, 0.25) is 5.28 Å². The topological polar surface area (TPSA) is 102 Å². The SMILES string of the molecule is C[C@@H](C1CC1)n1c(=O)c(NC[C@H]2CCN(C(=O)OC(C)(C)C)C2)nc2cnc(Cl)nc21. The Morgan fingerprint density at radius 3 is 2.74 bits per heavy atom. The molecule has 0 aromatic carbocycles. The number of fused-ring (bicyclic) bond motifs is 1. The number of rotatable bonds is 5. The van der Waals surface area contributed by atoms with Crippen LogP contribution in [0.15, 0.2) is 11.0 Å². The molecule has 1 aliphatic heterocycles.